The van der Waals surface area contributed by atoms with E-state index < -0.39 is 0 Å². The number of rotatable bonds is 4. The first kappa shape index (κ1) is 17.5. The standard InChI is InChI=1S/C11H22N2O.C2H6/c1-8(2)10(4)11(14)13(6)7-9(3)12-5;1-2/h8,10H,7H2,1-6H3;1-2H3/t10-;/m0./s1. The highest BCUT2D eigenvalue weighted by molar-refractivity contribution is 5.88. The highest BCUT2D eigenvalue weighted by Crippen LogP contribution is 2.12. The molecule has 0 unspecified atom stereocenters. The number of hydrogen-bond acceptors (Lipinski definition) is 2. The largest absolute Gasteiger partial charge is 0.340 e. The van der Waals surface area contributed by atoms with Crippen molar-refractivity contribution in [3.8, 4) is 0 Å². The normalized spacial score (nSPS) is 12.9. The van der Waals surface area contributed by atoms with Crippen molar-refractivity contribution >= 4 is 11.6 Å². The summed E-state index contributed by atoms with van der Waals surface area (Å²) in [6, 6.07) is 0. The first-order chi connectivity index (χ1) is 7.40. The zero-order valence-electron chi connectivity index (χ0n) is 12.2. The van der Waals surface area contributed by atoms with Crippen LogP contribution in [-0.4, -0.2) is 37.2 Å². The van der Waals surface area contributed by atoms with Gasteiger partial charge >= 0.3 is 0 Å². The van der Waals surface area contributed by atoms with E-state index in [1.165, 1.54) is 0 Å². The van der Waals surface area contributed by atoms with E-state index in [0.717, 1.165) is 5.71 Å². The Morgan fingerprint density at radius 1 is 1.25 bits per heavy atom. The molecule has 0 heterocycles. The van der Waals surface area contributed by atoms with E-state index in [9.17, 15) is 4.79 Å². The first-order valence-electron chi connectivity index (χ1n) is 6.07. The lowest BCUT2D eigenvalue weighted by Crippen LogP contribution is -2.36. The average Bonchev–Trinajstić information content (AvgIpc) is 2.29. The van der Waals surface area contributed by atoms with Gasteiger partial charge in [-0.1, -0.05) is 34.6 Å². The van der Waals surface area contributed by atoms with Crippen LogP contribution in [0.1, 0.15) is 41.5 Å². The Labute approximate surface area is 101 Å². The van der Waals surface area contributed by atoms with Crippen molar-refractivity contribution in [2.24, 2.45) is 16.8 Å². The van der Waals surface area contributed by atoms with E-state index in [0.29, 0.717) is 12.5 Å². The minimum absolute atomic E-state index is 0.0876. The zero-order valence-corrected chi connectivity index (χ0v) is 12.2. The van der Waals surface area contributed by atoms with Crippen molar-refractivity contribution in [1.82, 2.24) is 4.90 Å². The summed E-state index contributed by atoms with van der Waals surface area (Å²) in [4.78, 5) is 17.6. The third-order valence-corrected chi connectivity index (χ3v) is 2.61. The Morgan fingerprint density at radius 3 is 2.00 bits per heavy atom. The molecule has 0 aliphatic heterocycles. The van der Waals surface area contributed by atoms with Gasteiger partial charge in [0, 0.05) is 25.7 Å². The van der Waals surface area contributed by atoms with Crippen molar-refractivity contribution in [3.05, 3.63) is 0 Å². The van der Waals surface area contributed by atoms with E-state index >= 15 is 0 Å². The molecule has 16 heavy (non-hydrogen) atoms. The zero-order chi connectivity index (χ0) is 13.3. The molecule has 0 rings (SSSR count). The highest BCUT2D eigenvalue weighted by atomic mass is 16.2. The number of nitrogens with zero attached hydrogens (tertiary/aromatic N) is 2. The van der Waals surface area contributed by atoms with Crippen molar-refractivity contribution in [2.45, 2.75) is 41.5 Å². The summed E-state index contributed by atoms with van der Waals surface area (Å²) in [5.74, 6) is 0.677. The van der Waals surface area contributed by atoms with Crippen LogP contribution in [0.25, 0.3) is 0 Å². The lowest BCUT2D eigenvalue weighted by atomic mass is 9.97. The second-order valence-corrected chi connectivity index (χ2v) is 4.19. The van der Waals surface area contributed by atoms with Crippen LogP contribution in [0.5, 0.6) is 0 Å². The molecule has 0 spiro atoms. The van der Waals surface area contributed by atoms with Crippen molar-refractivity contribution in [1.29, 1.82) is 0 Å². The fraction of sp³-hybridized carbons (Fsp3) is 0.846. The molecule has 0 radical (unpaired) electrons. The molecule has 0 bridgehead atoms. The lowest BCUT2D eigenvalue weighted by molar-refractivity contribution is -0.134. The monoisotopic (exact) mass is 228 g/mol. The van der Waals surface area contributed by atoms with Gasteiger partial charge in [-0.2, -0.15) is 0 Å². The molecular weight excluding hydrogens is 200 g/mol. The number of carbonyl (C=O) groups is 1. The molecule has 0 fully saturated rings. The molecule has 1 atom stereocenters. The average molecular weight is 228 g/mol. The second-order valence-electron chi connectivity index (χ2n) is 4.19. The molecule has 0 aromatic carbocycles. The maximum absolute atomic E-state index is 11.8. The topological polar surface area (TPSA) is 32.7 Å². The van der Waals surface area contributed by atoms with Gasteiger partial charge in [0.1, 0.15) is 0 Å². The molecule has 96 valence electrons. The predicted molar refractivity (Wildman–Crippen MR) is 72.0 cm³/mol. The summed E-state index contributed by atoms with van der Waals surface area (Å²) in [5, 5.41) is 0. The molecule has 0 aliphatic carbocycles. The van der Waals surface area contributed by atoms with Crippen LogP contribution in [0.15, 0.2) is 4.99 Å². The summed E-state index contributed by atoms with van der Waals surface area (Å²) in [6.07, 6.45) is 0. The maximum atomic E-state index is 11.8. The van der Waals surface area contributed by atoms with Crippen LogP contribution in [0, 0.1) is 11.8 Å². The van der Waals surface area contributed by atoms with Crippen LogP contribution < -0.4 is 0 Å². The van der Waals surface area contributed by atoms with Crippen LogP contribution >= 0.6 is 0 Å². The van der Waals surface area contributed by atoms with Gasteiger partial charge in [-0.3, -0.25) is 9.79 Å². The fourth-order valence-corrected chi connectivity index (χ4v) is 1.12. The van der Waals surface area contributed by atoms with Gasteiger partial charge in [0.25, 0.3) is 0 Å². The van der Waals surface area contributed by atoms with Crippen LogP contribution in [0.4, 0.5) is 0 Å². The van der Waals surface area contributed by atoms with E-state index in [1.54, 1.807) is 11.9 Å². The number of amides is 1. The molecule has 0 aliphatic rings. The van der Waals surface area contributed by atoms with E-state index in [1.807, 2.05) is 34.7 Å². The Balaban J connectivity index is 0. The summed E-state index contributed by atoms with van der Waals surface area (Å²) in [5.41, 5.74) is 0.983. The molecule has 0 saturated carbocycles. The number of carbonyl (C=O) groups excluding carboxylic acids is 1. The van der Waals surface area contributed by atoms with Gasteiger partial charge in [0.15, 0.2) is 0 Å². The third kappa shape index (κ3) is 6.59. The van der Waals surface area contributed by atoms with Gasteiger partial charge < -0.3 is 4.90 Å². The SMILES string of the molecule is CC.CN=C(C)CN(C)C(=O)[C@@H](C)C(C)C. The smallest absolute Gasteiger partial charge is 0.225 e. The molecule has 0 N–H and O–H groups in total. The van der Waals surface area contributed by atoms with Gasteiger partial charge in [-0.25, -0.2) is 0 Å². The van der Waals surface area contributed by atoms with Gasteiger partial charge in [-0.05, 0) is 12.8 Å². The quantitative estimate of drug-likeness (QED) is 0.681. The second kappa shape index (κ2) is 9.37. The summed E-state index contributed by atoms with van der Waals surface area (Å²) in [7, 11) is 3.58. The Morgan fingerprint density at radius 2 is 1.69 bits per heavy atom. The Bertz CT molecular complexity index is 222. The predicted octanol–water partition coefficient (Wildman–Crippen LogP) is 2.85. The maximum Gasteiger partial charge on any atom is 0.225 e. The first-order valence-corrected chi connectivity index (χ1v) is 6.07. The van der Waals surface area contributed by atoms with Crippen LogP contribution in [0.2, 0.25) is 0 Å². The molecule has 0 aromatic rings. The van der Waals surface area contributed by atoms with Crippen LogP contribution in [-0.2, 0) is 4.79 Å². The van der Waals surface area contributed by atoms with Crippen molar-refractivity contribution < 1.29 is 4.79 Å². The van der Waals surface area contributed by atoms with E-state index in [2.05, 4.69) is 18.8 Å². The molecule has 3 heteroatoms. The molecule has 1 amide bonds. The fourth-order valence-electron chi connectivity index (χ4n) is 1.12. The molecule has 0 saturated heterocycles. The van der Waals surface area contributed by atoms with Gasteiger partial charge in [-0.15, -0.1) is 0 Å². The van der Waals surface area contributed by atoms with Crippen molar-refractivity contribution in [3.63, 3.8) is 0 Å². The summed E-state index contributed by atoms with van der Waals surface area (Å²) in [6.45, 7) is 12.7. The minimum Gasteiger partial charge on any atom is -0.340 e. The van der Waals surface area contributed by atoms with Gasteiger partial charge in [0.2, 0.25) is 5.91 Å². The molecule has 0 aromatic heterocycles. The Hall–Kier alpha value is -0.860. The highest BCUT2D eigenvalue weighted by Gasteiger charge is 2.20. The van der Waals surface area contributed by atoms with Gasteiger partial charge in [0.05, 0.1) is 6.54 Å². The van der Waals surface area contributed by atoms with E-state index in [-0.39, 0.29) is 11.8 Å². The summed E-state index contributed by atoms with van der Waals surface area (Å²) >= 11 is 0. The molecule has 3 nitrogen and oxygen atoms in total. The number of aliphatic imine (C=N–C) groups is 1. The number of hydrogen-bond donors (Lipinski definition) is 0. The Kier molecular flexibility index (Phi) is 10.3. The summed E-state index contributed by atoms with van der Waals surface area (Å²) < 4.78 is 0. The van der Waals surface area contributed by atoms with Crippen molar-refractivity contribution in [2.75, 3.05) is 20.6 Å². The third-order valence-electron chi connectivity index (χ3n) is 2.61. The van der Waals surface area contributed by atoms with E-state index in [4.69, 9.17) is 0 Å². The lowest BCUT2D eigenvalue weighted by Gasteiger charge is -2.23. The minimum atomic E-state index is 0.0876. The molecular formula is C13H28N2O. The van der Waals surface area contributed by atoms with Crippen LogP contribution in [0.3, 0.4) is 0 Å².